The van der Waals surface area contributed by atoms with Crippen molar-refractivity contribution in [2.75, 3.05) is 13.2 Å². The number of benzene rings is 1. The number of amides is 2. The fourth-order valence-electron chi connectivity index (χ4n) is 2.86. The van der Waals surface area contributed by atoms with E-state index in [9.17, 15) is 9.90 Å². The lowest BCUT2D eigenvalue weighted by Gasteiger charge is -2.36. The molecule has 3 rings (SSSR count). The molecule has 24 heavy (non-hydrogen) atoms. The Kier molecular flexibility index (Phi) is 4.66. The van der Waals surface area contributed by atoms with E-state index in [0.29, 0.717) is 23.7 Å². The zero-order valence-electron chi connectivity index (χ0n) is 14.1. The Hall–Kier alpha value is -2.21. The Morgan fingerprint density at radius 3 is 2.92 bits per heavy atom. The maximum absolute atomic E-state index is 12.0. The van der Waals surface area contributed by atoms with Crippen LogP contribution in [0.5, 0.6) is 5.75 Å². The van der Waals surface area contributed by atoms with Gasteiger partial charge in [-0.1, -0.05) is 12.1 Å². The lowest BCUT2D eigenvalue weighted by Crippen LogP contribution is -2.50. The number of hydrogen-bond donors (Lipinski definition) is 3. The number of carbonyl (C=O) groups is 1. The molecular weight excluding hydrogens is 308 g/mol. The van der Waals surface area contributed by atoms with Gasteiger partial charge in [0.15, 0.2) is 11.3 Å². The van der Waals surface area contributed by atoms with Crippen LogP contribution in [0.3, 0.4) is 0 Å². The van der Waals surface area contributed by atoms with Crippen LogP contribution in [0.4, 0.5) is 4.79 Å². The van der Waals surface area contributed by atoms with E-state index in [-0.39, 0.29) is 18.6 Å². The summed E-state index contributed by atoms with van der Waals surface area (Å²) in [5, 5.41) is 16.5. The van der Waals surface area contributed by atoms with Gasteiger partial charge in [0, 0.05) is 11.9 Å². The first kappa shape index (κ1) is 16.6. The highest BCUT2D eigenvalue weighted by molar-refractivity contribution is 5.84. The summed E-state index contributed by atoms with van der Waals surface area (Å²) < 4.78 is 11.4. The van der Waals surface area contributed by atoms with Crippen molar-refractivity contribution in [3.05, 3.63) is 30.0 Å². The fraction of sp³-hybridized carbons (Fsp3) is 0.500. The van der Waals surface area contributed by atoms with Gasteiger partial charge < -0.3 is 24.9 Å². The lowest BCUT2D eigenvalue weighted by molar-refractivity contribution is -0.0290. The summed E-state index contributed by atoms with van der Waals surface area (Å²) in [5.41, 5.74) is -0.0426. The van der Waals surface area contributed by atoms with Crippen LogP contribution in [0, 0.1) is 0 Å². The van der Waals surface area contributed by atoms with Gasteiger partial charge in [0.25, 0.3) is 0 Å². The maximum Gasteiger partial charge on any atom is 0.315 e. The average molecular weight is 332 g/mol. The van der Waals surface area contributed by atoms with Crippen molar-refractivity contribution in [1.82, 2.24) is 10.6 Å². The fourth-order valence-corrected chi connectivity index (χ4v) is 2.86. The summed E-state index contributed by atoms with van der Waals surface area (Å²) in [6, 6.07) is 7.03. The van der Waals surface area contributed by atoms with Crippen LogP contribution in [0.25, 0.3) is 11.0 Å². The molecule has 0 saturated heterocycles. The first-order valence-electron chi connectivity index (χ1n) is 8.43. The molecule has 1 aliphatic rings. The number of para-hydroxylation sites is 1. The number of fused-ring (bicyclic) bond motifs is 1. The molecule has 1 fully saturated rings. The number of furan rings is 1. The van der Waals surface area contributed by atoms with Crippen molar-refractivity contribution in [3.8, 4) is 5.75 Å². The summed E-state index contributed by atoms with van der Waals surface area (Å²) in [6.45, 7) is 4.62. The molecule has 1 atom stereocenters. The Bertz CT molecular complexity index is 721. The second-order valence-electron chi connectivity index (χ2n) is 6.38. The Morgan fingerprint density at radius 1 is 1.46 bits per heavy atom. The zero-order chi connectivity index (χ0) is 17.2. The molecule has 2 amide bonds. The van der Waals surface area contributed by atoms with Crippen molar-refractivity contribution in [2.24, 2.45) is 0 Å². The number of carbonyl (C=O) groups excluding carboxylic acids is 1. The predicted octanol–water partition coefficient (Wildman–Crippen LogP) is 3.11. The molecule has 1 heterocycles. The molecule has 1 aromatic carbocycles. The van der Waals surface area contributed by atoms with Gasteiger partial charge in [-0.05, 0) is 45.2 Å². The van der Waals surface area contributed by atoms with Crippen LogP contribution in [0.15, 0.2) is 28.7 Å². The molecule has 2 aromatic rings. The van der Waals surface area contributed by atoms with Gasteiger partial charge in [0.05, 0.1) is 18.2 Å². The van der Waals surface area contributed by atoms with Gasteiger partial charge in [-0.2, -0.15) is 0 Å². The second kappa shape index (κ2) is 6.73. The average Bonchev–Trinajstić information content (AvgIpc) is 2.97. The van der Waals surface area contributed by atoms with E-state index in [1.807, 2.05) is 38.1 Å². The number of nitrogens with one attached hydrogen (secondary N) is 2. The first-order valence-corrected chi connectivity index (χ1v) is 8.43. The minimum absolute atomic E-state index is 0.278. The van der Waals surface area contributed by atoms with E-state index in [0.717, 1.165) is 24.6 Å². The molecule has 0 bridgehead atoms. The van der Waals surface area contributed by atoms with Gasteiger partial charge >= 0.3 is 6.03 Å². The molecule has 1 unspecified atom stereocenters. The van der Waals surface area contributed by atoms with Crippen molar-refractivity contribution in [2.45, 2.75) is 44.8 Å². The third-order valence-electron chi connectivity index (χ3n) is 4.46. The summed E-state index contributed by atoms with van der Waals surface area (Å²) in [5.74, 6) is 1.36. The quantitative estimate of drug-likeness (QED) is 0.759. The highest BCUT2D eigenvalue weighted by Gasteiger charge is 2.34. The molecule has 3 N–H and O–H groups in total. The standard InChI is InChI=1S/C18H24N2O4/c1-3-23-14-7-4-6-13-10-15(24-16(13)14)12(2)20-17(21)19-11-18(22)8-5-9-18/h4,6-7,10,12,22H,3,5,8-9,11H2,1-2H3,(H2,19,20,21). The molecule has 130 valence electrons. The lowest BCUT2D eigenvalue weighted by atomic mass is 9.80. The number of urea groups is 1. The number of hydrogen-bond acceptors (Lipinski definition) is 4. The van der Waals surface area contributed by atoms with Crippen LogP contribution in [-0.2, 0) is 0 Å². The third-order valence-corrected chi connectivity index (χ3v) is 4.46. The monoisotopic (exact) mass is 332 g/mol. The van der Waals surface area contributed by atoms with Crippen LogP contribution >= 0.6 is 0 Å². The molecule has 0 aliphatic heterocycles. The molecular formula is C18H24N2O4. The van der Waals surface area contributed by atoms with Gasteiger partial charge in [-0.15, -0.1) is 0 Å². The maximum atomic E-state index is 12.0. The Morgan fingerprint density at radius 2 is 2.25 bits per heavy atom. The minimum atomic E-state index is -0.730. The summed E-state index contributed by atoms with van der Waals surface area (Å²) in [4.78, 5) is 12.0. The van der Waals surface area contributed by atoms with Crippen LogP contribution < -0.4 is 15.4 Å². The molecule has 0 radical (unpaired) electrons. The van der Waals surface area contributed by atoms with E-state index < -0.39 is 5.60 Å². The van der Waals surface area contributed by atoms with E-state index in [2.05, 4.69) is 10.6 Å². The van der Waals surface area contributed by atoms with Crippen LogP contribution in [-0.4, -0.2) is 29.9 Å². The van der Waals surface area contributed by atoms with Crippen LogP contribution in [0.1, 0.15) is 44.9 Å². The van der Waals surface area contributed by atoms with Crippen molar-refractivity contribution >= 4 is 17.0 Å². The van der Waals surface area contributed by atoms with E-state index in [4.69, 9.17) is 9.15 Å². The van der Waals surface area contributed by atoms with Gasteiger partial charge in [0.1, 0.15) is 5.76 Å². The topological polar surface area (TPSA) is 83.7 Å². The van der Waals surface area contributed by atoms with Crippen LogP contribution in [0.2, 0.25) is 0 Å². The smallest absolute Gasteiger partial charge is 0.315 e. The number of aliphatic hydroxyl groups is 1. The van der Waals surface area contributed by atoms with Crippen molar-refractivity contribution in [3.63, 3.8) is 0 Å². The summed E-state index contributed by atoms with van der Waals surface area (Å²) in [6.07, 6.45) is 2.50. The van der Waals surface area contributed by atoms with E-state index in [1.54, 1.807) is 0 Å². The second-order valence-corrected chi connectivity index (χ2v) is 6.38. The normalized spacial score (nSPS) is 17.1. The predicted molar refractivity (Wildman–Crippen MR) is 91.1 cm³/mol. The minimum Gasteiger partial charge on any atom is -0.490 e. The molecule has 1 saturated carbocycles. The van der Waals surface area contributed by atoms with E-state index >= 15 is 0 Å². The largest absolute Gasteiger partial charge is 0.490 e. The zero-order valence-corrected chi connectivity index (χ0v) is 14.1. The van der Waals surface area contributed by atoms with Gasteiger partial charge in [-0.3, -0.25) is 0 Å². The Labute approximate surface area is 141 Å². The number of ether oxygens (including phenoxy) is 1. The van der Waals surface area contributed by atoms with E-state index in [1.165, 1.54) is 0 Å². The highest BCUT2D eigenvalue weighted by Crippen LogP contribution is 2.32. The molecule has 0 spiro atoms. The molecule has 1 aliphatic carbocycles. The SMILES string of the molecule is CCOc1cccc2cc(C(C)NC(=O)NCC3(O)CCC3)oc12. The van der Waals surface area contributed by atoms with Gasteiger partial charge in [0.2, 0.25) is 0 Å². The first-order chi connectivity index (χ1) is 11.5. The Balaban J connectivity index is 1.64. The molecule has 6 heteroatoms. The molecule has 1 aromatic heterocycles. The molecule has 6 nitrogen and oxygen atoms in total. The van der Waals surface area contributed by atoms with Gasteiger partial charge in [-0.25, -0.2) is 4.79 Å². The highest BCUT2D eigenvalue weighted by atomic mass is 16.5. The summed E-state index contributed by atoms with van der Waals surface area (Å²) in [7, 11) is 0. The third kappa shape index (κ3) is 3.48. The van der Waals surface area contributed by atoms with Crippen molar-refractivity contribution in [1.29, 1.82) is 0 Å². The summed E-state index contributed by atoms with van der Waals surface area (Å²) >= 11 is 0. The van der Waals surface area contributed by atoms with Crippen molar-refractivity contribution < 1.29 is 19.1 Å². The number of rotatable bonds is 6.